The fourth-order valence-electron chi connectivity index (χ4n) is 2.62. The average molecular weight is 382 g/mol. The fourth-order valence-corrected chi connectivity index (χ4v) is 3.59. The minimum Gasteiger partial charge on any atom is -0.484 e. The number of para-hydroxylation sites is 1. The molecule has 0 saturated carbocycles. The highest BCUT2D eigenvalue weighted by molar-refractivity contribution is 7.14. The van der Waals surface area contributed by atoms with Crippen LogP contribution in [-0.2, 0) is 4.79 Å². The number of nitrogens with zero attached hydrogens (tertiary/aromatic N) is 2. The molecule has 0 aliphatic heterocycles. The third kappa shape index (κ3) is 5.08. The Labute approximate surface area is 163 Å². The number of hydrogen-bond donors (Lipinski definition) is 1. The van der Waals surface area contributed by atoms with Gasteiger partial charge in [-0.25, -0.2) is 4.98 Å². The summed E-state index contributed by atoms with van der Waals surface area (Å²) < 4.78 is 5.45. The highest BCUT2D eigenvalue weighted by atomic mass is 32.1. The second-order valence-corrected chi connectivity index (χ2v) is 6.75. The number of aromatic nitrogens is 1. The molecule has 5 nitrogen and oxygen atoms in total. The molecule has 3 aromatic rings. The minimum absolute atomic E-state index is 0.0227. The van der Waals surface area contributed by atoms with Gasteiger partial charge in [0.2, 0.25) is 0 Å². The third-order valence-electron chi connectivity index (χ3n) is 4.10. The molecule has 0 saturated heterocycles. The van der Waals surface area contributed by atoms with E-state index in [2.05, 4.69) is 29.4 Å². The zero-order valence-corrected chi connectivity index (χ0v) is 16.3. The zero-order valence-electron chi connectivity index (χ0n) is 15.5. The lowest BCUT2D eigenvalue weighted by Crippen LogP contribution is -2.21. The molecule has 140 valence electrons. The Bertz CT molecular complexity index is 859. The van der Waals surface area contributed by atoms with Crippen LogP contribution in [0.15, 0.2) is 60.0 Å². The number of benzene rings is 2. The highest BCUT2D eigenvalue weighted by Crippen LogP contribution is 2.28. The van der Waals surface area contributed by atoms with Gasteiger partial charge < -0.3 is 15.0 Å². The van der Waals surface area contributed by atoms with Crippen LogP contribution in [-0.4, -0.2) is 30.6 Å². The molecule has 3 rings (SSSR count). The van der Waals surface area contributed by atoms with Crippen molar-refractivity contribution in [3.63, 3.8) is 0 Å². The lowest BCUT2D eigenvalue weighted by Gasteiger charge is -2.16. The molecule has 1 heterocycles. The van der Waals surface area contributed by atoms with E-state index in [0.717, 1.165) is 35.2 Å². The molecular formula is C21H23N3O2S. The number of carbonyl (C=O) groups is 1. The van der Waals surface area contributed by atoms with Gasteiger partial charge in [-0.1, -0.05) is 30.3 Å². The lowest BCUT2D eigenvalue weighted by molar-refractivity contribution is -0.118. The van der Waals surface area contributed by atoms with E-state index in [4.69, 9.17) is 9.72 Å². The molecule has 1 aromatic heterocycles. The maximum Gasteiger partial charge on any atom is 0.262 e. The fraction of sp³-hybridized carbons (Fsp3) is 0.238. The van der Waals surface area contributed by atoms with E-state index in [-0.39, 0.29) is 12.5 Å². The van der Waals surface area contributed by atoms with Crippen molar-refractivity contribution < 1.29 is 9.53 Å². The van der Waals surface area contributed by atoms with Crippen LogP contribution < -0.4 is 15.0 Å². The molecule has 1 N–H and O–H groups in total. The predicted molar refractivity (Wildman–Crippen MR) is 112 cm³/mol. The van der Waals surface area contributed by atoms with Crippen molar-refractivity contribution in [1.82, 2.24) is 4.98 Å². The van der Waals surface area contributed by atoms with Gasteiger partial charge in [-0.05, 0) is 38.1 Å². The monoisotopic (exact) mass is 381 g/mol. The van der Waals surface area contributed by atoms with Gasteiger partial charge in [0.15, 0.2) is 11.7 Å². The maximum absolute atomic E-state index is 12.0. The number of anilines is 2. The lowest BCUT2D eigenvalue weighted by atomic mass is 10.1. The van der Waals surface area contributed by atoms with Gasteiger partial charge >= 0.3 is 0 Å². The Morgan fingerprint density at radius 3 is 2.44 bits per heavy atom. The highest BCUT2D eigenvalue weighted by Gasteiger charge is 2.10. The molecular weight excluding hydrogens is 358 g/mol. The molecule has 0 atom stereocenters. The van der Waals surface area contributed by atoms with Crippen LogP contribution in [0.4, 0.5) is 10.8 Å². The average Bonchev–Trinajstić information content (AvgIpc) is 3.19. The van der Waals surface area contributed by atoms with Gasteiger partial charge in [-0.15, -0.1) is 11.3 Å². The van der Waals surface area contributed by atoms with Crippen molar-refractivity contribution in [2.24, 2.45) is 0 Å². The molecule has 0 radical (unpaired) electrons. The molecule has 2 aromatic carbocycles. The number of nitrogens with one attached hydrogen (secondary N) is 1. The third-order valence-corrected chi connectivity index (χ3v) is 5.00. The van der Waals surface area contributed by atoms with Gasteiger partial charge in [-0.2, -0.15) is 0 Å². The first-order valence-electron chi connectivity index (χ1n) is 8.98. The second kappa shape index (κ2) is 9.19. The quantitative estimate of drug-likeness (QED) is 0.616. The number of hydrogen-bond acceptors (Lipinski definition) is 5. The number of thiazole rings is 1. The summed E-state index contributed by atoms with van der Waals surface area (Å²) in [6, 6.07) is 17.0. The molecule has 0 aliphatic rings. The zero-order chi connectivity index (χ0) is 19.1. The molecule has 27 heavy (non-hydrogen) atoms. The van der Waals surface area contributed by atoms with E-state index in [1.165, 1.54) is 0 Å². The van der Waals surface area contributed by atoms with Crippen molar-refractivity contribution in [2.75, 3.05) is 29.9 Å². The summed E-state index contributed by atoms with van der Waals surface area (Å²) in [5.41, 5.74) is 2.72. The van der Waals surface area contributed by atoms with E-state index in [1.54, 1.807) is 11.3 Å². The van der Waals surface area contributed by atoms with E-state index in [9.17, 15) is 4.79 Å². The molecule has 0 fully saturated rings. The first kappa shape index (κ1) is 18.9. The first-order valence-corrected chi connectivity index (χ1v) is 9.86. The van der Waals surface area contributed by atoms with Gasteiger partial charge in [-0.3, -0.25) is 4.79 Å². The van der Waals surface area contributed by atoms with Crippen LogP contribution >= 0.6 is 11.3 Å². The number of carbonyl (C=O) groups excluding carboxylic acids is 1. The summed E-state index contributed by atoms with van der Waals surface area (Å²) in [6.45, 7) is 6.12. The molecule has 6 heteroatoms. The standard InChI is InChI=1S/C21H23N3O2S/c1-3-24(4-2)21-23-19(15-27-21)16-10-12-17(13-11-16)22-20(25)14-26-18-8-6-5-7-9-18/h5-13,15H,3-4,14H2,1-2H3,(H,22,25). The summed E-state index contributed by atoms with van der Waals surface area (Å²) >= 11 is 1.65. The SMILES string of the molecule is CCN(CC)c1nc(-c2ccc(NC(=O)COc3ccccc3)cc2)cs1. The Morgan fingerprint density at radius 2 is 1.78 bits per heavy atom. The van der Waals surface area contributed by atoms with Gasteiger partial charge in [0.05, 0.1) is 5.69 Å². The van der Waals surface area contributed by atoms with Gasteiger partial charge in [0, 0.05) is 29.7 Å². The first-order chi connectivity index (χ1) is 13.2. The normalized spacial score (nSPS) is 10.4. The van der Waals surface area contributed by atoms with Crippen LogP contribution in [0.25, 0.3) is 11.3 Å². The van der Waals surface area contributed by atoms with Crippen molar-refractivity contribution in [3.05, 3.63) is 60.0 Å². The van der Waals surface area contributed by atoms with E-state index in [0.29, 0.717) is 5.75 Å². The van der Waals surface area contributed by atoms with Crippen LogP contribution in [0.1, 0.15) is 13.8 Å². The van der Waals surface area contributed by atoms with E-state index in [1.807, 2.05) is 54.6 Å². The van der Waals surface area contributed by atoms with Gasteiger partial charge in [0.1, 0.15) is 5.75 Å². The number of rotatable bonds is 8. The predicted octanol–water partition coefficient (Wildman–Crippen LogP) is 4.67. The Kier molecular flexibility index (Phi) is 6.44. The summed E-state index contributed by atoms with van der Waals surface area (Å²) in [5.74, 6) is 0.486. The molecule has 0 spiro atoms. The minimum atomic E-state index is -0.191. The van der Waals surface area contributed by atoms with Crippen LogP contribution in [0, 0.1) is 0 Å². The summed E-state index contributed by atoms with van der Waals surface area (Å²) in [7, 11) is 0. The topological polar surface area (TPSA) is 54.5 Å². The van der Waals surface area contributed by atoms with E-state index >= 15 is 0 Å². The second-order valence-electron chi connectivity index (χ2n) is 5.91. The van der Waals surface area contributed by atoms with Crippen LogP contribution in [0.2, 0.25) is 0 Å². The number of ether oxygens (including phenoxy) is 1. The van der Waals surface area contributed by atoms with Gasteiger partial charge in [0.25, 0.3) is 5.91 Å². The van der Waals surface area contributed by atoms with Crippen LogP contribution in [0.5, 0.6) is 5.75 Å². The molecule has 0 unspecified atom stereocenters. The summed E-state index contributed by atoms with van der Waals surface area (Å²) in [5, 5.41) is 5.94. The summed E-state index contributed by atoms with van der Waals surface area (Å²) in [6.07, 6.45) is 0. The summed E-state index contributed by atoms with van der Waals surface area (Å²) in [4.78, 5) is 19.0. The van der Waals surface area contributed by atoms with E-state index < -0.39 is 0 Å². The smallest absolute Gasteiger partial charge is 0.262 e. The molecule has 1 amide bonds. The van der Waals surface area contributed by atoms with Crippen LogP contribution in [0.3, 0.4) is 0 Å². The number of amides is 1. The van der Waals surface area contributed by atoms with Crippen molar-refractivity contribution in [2.45, 2.75) is 13.8 Å². The Balaban J connectivity index is 1.58. The van der Waals surface area contributed by atoms with Crippen molar-refractivity contribution in [3.8, 4) is 17.0 Å². The van der Waals surface area contributed by atoms with Crippen molar-refractivity contribution >= 4 is 28.1 Å². The Morgan fingerprint density at radius 1 is 1.07 bits per heavy atom. The Hall–Kier alpha value is -2.86. The molecule has 0 aliphatic carbocycles. The van der Waals surface area contributed by atoms with Crippen molar-refractivity contribution in [1.29, 1.82) is 0 Å². The molecule has 0 bridgehead atoms. The maximum atomic E-state index is 12.0. The largest absolute Gasteiger partial charge is 0.484 e.